The molecular weight excluding hydrogens is 304 g/mol. The van der Waals surface area contributed by atoms with Crippen LogP contribution in [-0.2, 0) is 11.3 Å². The van der Waals surface area contributed by atoms with Crippen molar-refractivity contribution in [3.05, 3.63) is 33.8 Å². The number of likely N-dealkylation sites (tertiary alicyclic amines) is 1. The minimum absolute atomic E-state index is 0.287. The van der Waals surface area contributed by atoms with Crippen molar-refractivity contribution < 1.29 is 4.79 Å². The molecule has 1 saturated heterocycles. The number of benzene rings is 1. The molecule has 0 radical (unpaired) electrons. The third kappa shape index (κ3) is 4.32. The van der Waals surface area contributed by atoms with Crippen molar-refractivity contribution in [1.82, 2.24) is 10.2 Å². The number of aryl methyl sites for hydroxylation is 1. The number of hydrogen-bond acceptors (Lipinski definition) is 2. The molecule has 104 valence electrons. The zero-order chi connectivity index (χ0) is 13.7. The van der Waals surface area contributed by atoms with Crippen molar-refractivity contribution in [3.8, 4) is 0 Å². The lowest BCUT2D eigenvalue weighted by Gasteiger charge is -2.15. The van der Waals surface area contributed by atoms with Crippen LogP contribution < -0.4 is 5.32 Å². The van der Waals surface area contributed by atoms with Crippen molar-refractivity contribution in [2.45, 2.75) is 32.7 Å². The SMILES string of the molecule is Cc1ccc(CNCCC(=O)N2CCCC2)cc1Br. The first kappa shape index (κ1) is 14.5. The van der Waals surface area contributed by atoms with Crippen molar-refractivity contribution in [2.75, 3.05) is 19.6 Å². The molecule has 1 aliphatic heterocycles. The summed E-state index contributed by atoms with van der Waals surface area (Å²) in [5.41, 5.74) is 2.49. The molecule has 0 aliphatic carbocycles. The summed E-state index contributed by atoms with van der Waals surface area (Å²) in [6.45, 7) is 5.54. The monoisotopic (exact) mass is 324 g/mol. The molecule has 0 aromatic heterocycles. The molecule has 1 N–H and O–H groups in total. The first-order valence-electron chi connectivity index (χ1n) is 6.90. The molecule has 1 heterocycles. The highest BCUT2D eigenvalue weighted by atomic mass is 79.9. The maximum Gasteiger partial charge on any atom is 0.223 e. The molecule has 0 bridgehead atoms. The van der Waals surface area contributed by atoms with E-state index in [2.05, 4.69) is 46.4 Å². The molecule has 0 unspecified atom stereocenters. The average Bonchev–Trinajstić information content (AvgIpc) is 2.92. The lowest BCUT2D eigenvalue weighted by atomic mass is 10.1. The molecule has 4 heteroatoms. The minimum atomic E-state index is 0.287. The van der Waals surface area contributed by atoms with E-state index in [1.807, 2.05) is 4.90 Å². The molecule has 1 amide bonds. The molecule has 0 saturated carbocycles. The molecule has 2 rings (SSSR count). The van der Waals surface area contributed by atoms with Gasteiger partial charge in [-0.15, -0.1) is 0 Å². The quantitative estimate of drug-likeness (QED) is 0.845. The Hall–Kier alpha value is -0.870. The maximum atomic E-state index is 11.8. The summed E-state index contributed by atoms with van der Waals surface area (Å²) in [5, 5.41) is 3.33. The highest BCUT2D eigenvalue weighted by molar-refractivity contribution is 9.10. The summed E-state index contributed by atoms with van der Waals surface area (Å²) < 4.78 is 1.14. The molecule has 1 aliphatic rings. The predicted molar refractivity (Wildman–Crippen MR) is 81.0 cm³/mol. The molecule has 3 nitrogen and oxygen atoms in total. The van der Waals surface area contributed by atoms with Gasteiger partial charge in [0.1, 0.15) is 0 Å². The van der Waals surface area contributed by atoms with Gasteiger partial charge in [-0.2, -0.15) is 0 Å². The van der Waals surface area contributed by atoms with E-state index in [1.54, 1.807) is 0 Å². The minimum Gasteiger partial charge on any atom is -0.343 e. The van der Waals surface area contributed by atoms with Crippen LogP contribution in [0.15, 0.2) is 22.7 Å². The topological polar surface area (TPSA) is 32.3 Å². The van der Waals surface area contributed by atoms with Crippen molar-refractivity contribution in [3.63, 3.8) is 0 Å². The van der Waals surface area contributed by atoms with Crippen LogP contribution in [0.4, 0.5) is 0 Å². The molecule has 1 aromatic rings. The lowest BCUT2D eigenvalue weighted by Crippen LogP contribution is -2.30. The molecule has 1 fully saturated rings. The Morgan fingerprint density at radius 1 is 1.37 bits per heavy atom. The van der Waals surface area contributed by atoms with Crippen molar-refractivity contribution in [1.29, 1.82) is 0 Å². The summed E-state index contributed by atoms with van der Waals surface area (Å²) in [6, 6.07) is 6.36. The van der Waals surface area contributed by atoms with Gasteiger partial charge in [-0.05, 0) is 37.0 Å². The van der Waals surface area contributed by atoms with E-state index in [1.165, 1.54) is 11.1 Å². The van der Waals surface area contributed by atoms with Gasteiger partial charge in [0.05, 0.1) is 0 Å². The number of carbonyl (C=O) groups excluding carboxylic acids is 1. The molecule has 0 atom stereocenters. The van der Waals surface area contributed by atoms with Gasteiger partial charge in [0.15, 0.2) is 0 Å². The Kier molecular flexibility index (Phi) is 5.40. The van der Waals surface area contributed by atoms with E-state index in [0.29, 0.717) is 6.42 Å². The Morgan fingerprint density at radius 3 is 2.79 bits per heavy atom. The average molecular weight is 325 g/mol. The number of carbonyl (C=O) groups is 1. The van der Waals surface area contributed by atoms with Gasteiger partial charge in [0, 0.05) is 37.1 Å². The van der Waals surface area contributed by atoms with E-state index in [0.717, 1.165) is 43.5 Å². The predicted octanol–water partition coefficient (Wildman–Crippen LogP) is 2.86. The normalized spacial score (nSPS) is 14.9. The van der Waals surface area contributed by atoms with Crippen LogP contribution in [0.25, 0.3) is 0 Å². The van der Waals surface area contributed by atoms with Crippen LogP contribution in [0, 0.1) is 6.92 Å². The molecule has 0 spiro atoms. The summed E-state index contributed by atoms with van der Waals surface area (Å²) in [7, 11) is 0. The number of nitrogens with one attached hydrogen (secondary N) is 1. The summed E-state index contributed by atoms with van der Waals surface area (Å²) in [5.74, 6) is 0.287. The third-order valence-corrected chi connectivity index (χ3v) is 4.39. The van der Waals surface area contributed by atoms with Crippen molar-refractivity contribution >= 4 is 21.8 Å². The fourth-order valence-corrected chi connectivity index (χ4v) is 2.73. The van der Waals surface area contributed by atoms with Crippen LogP contribution in [0.1, 0.15) is 30.4 Å². The van der Waals surface area contributed by atoms with Gasteiger partial charge in [0.25, 0.3) is 0 Å². The zero-order valence-corrected chi connectivity index (χ0v) is 13.0. The fourth-order valence-electron chi connectivity index (χ4n) is 2.30. The van der Waals surface area contributed by atoms with E-state index >= 15 is 0 Å². The number of amides is 1. The summed E-state index contributed by atoms with van der Waals surface area (Å²) >= 11 is 3.53. The molecule has 19 heavy (non-hydrogen) atoms. The number of rotatable bonds is 5. The Bertz CT molecular complexity index is 442. The standard InChI is InChI=1S/C15H21BrN2O/c1-12-4-5-13(10-14(12)16)11-17-7-6-15(19)18-8-2-3-9-18/h4-5,10,17H,2-3,6-9,11H2,1H3. The van der Waals surface area contributed by atoms with Gasteiger partial charge >= 0.3 is 0 Å². The number of halogens is 1. The van der Waals surface area contributed by atoms with Crippen LogP contribution in [0.2, 0.25) is 0 Å². The summed E-state index contributed by atoms with van der Waals surface area (Å²) in [4.78, 5) is 13.8. The fraction of sp³-hybridized carbons (Fsp3) is 0.533. The Labute approximate surface area is 123 Å². The molecular formula is C15H21BrN2O. The highest BCUT2D eigenvalue weighted by Crippen LogP contribution is 2.17. The van der Waals surface area contributed by atoms with E-state index in [4.69, 9.17) is 0 Å². The van der Waals surface area contributed by atoms with Crippen LogP contribution in [0.5, 0.6) is 0 Å². The second-order valence-corrected chi connectivity index (χ2v) is 5.95. The zero-order valence-electron chi connectivity index (χ0n) is 11.4. The lowest BCUT2D eigenvalue weighted by molar-refractivity contribution is -0.130. The largest absolute Gasteiger partial charge is 0.343 e. The first-order chi connectivity index (χ1) is 9.16. The maximum absolute atomic E-state index is 11.8. The van der Waals surface area contributed by atoms with Crippen LogP contribution in [0.3, 0.4) is 0 Å². The van der Waals surface area contributed by atoms with Gasteiger partial charge in [0.2, 0.25) is 5.91 Å². The van der Waals surface area contributed by atoms with E-state index in [-0.39, 0.29) is 5.91 Å². The summed E-state index contributed by atoms with van der Waals surface area (Å²) in [6.07, 6.45) is 2.93. The Balaban J connectivity index is 1.68. The number of nitrogens with zero attached hydrogens (tertiary/aromatic N) is 1. The number of hydrogen-bond donors (Lipinski definition) is 1. The van der Waals surface area contributed by atoms with Gasteiger partial charge in [-0.1, -0.05) is 28.1 Å². The first-order valence-corrected chi connectivity index (χ1v) is 7.69. The van der Waals surface area contributed by atoms with Crippen molar-refractivity contribution in [2.24, 2.45) is 0 Å². The van der Waals surface area contributed by atoms with Crippen LogP contribution >= 0.6 is 15.9 Å². The van der Waals surface area contributed by atoms with E-state index in [9.17, 15) is 4.79 Å². The highest BCUT2D eigenvalue weighted by Gasteiger charge is 2.16. The van der Waals surface area contributed by atoms with Gasteiger partial charge < -0.3 is 10.2 Å². The third-order valence-electron chi connectivity index (χ3n) is 3.54. The van der Waals surface area contributed by atoms with Gasteiger partial charge in [-0.25, -0.2) is 0 Å². The second kappa shape index (κ2) is 7.06. The van der Waals surface area contributed by atoms with Crippen LogP contribution in [-0.4, -0.2) is 30.4 Å². The second-order valence-electron chi connectivity index (χ2n) is 5.10. The van der Waals surface area contributed by atoms with E-state index < -0.39 is 0 Å². The smallest absolute Gasteiger partial charge is 0.223 e. The van der Waals surface area contributed by atoms with Gasteiger partial charge in [-0.3, -0.25) is 4.79 Å². The molecule has 1 aromatic carbocycles. The Morgan fingerprint density at radius 2 is 2.11 bits per heavy atom.